The second kappa shape index (κ2) is 14.1. The van der Waals surface area contributed by atoms with Gasteiger partial charge in [-0.25, -0.2) is 14.4 Å². The summed E-state index contributed by atoms with van der Waals surface area (Å²) >= 11 is 0. The Morgan fingerprint density at radius 2 is 1.77 bits per heavy atom. The first kappa shape index (κ1) is 25.3. The zero-order valence-corrected chi connectivity index (χ0v) is 20.5. The monoisotopic (exact) mass is 541 g/mol. The van der Waals surface area contributed by atoms with Gasteiger partial charge in [0.25, 0.3) is 0 Å². The highest BCUT2D eigenvalue weighted by atomic mass is 127. The number of rotatable bonds is 9. The molecule has 0 atom stereocenters. The lowest BCUT2D eigenvalue weighted by molar-refractivity contribution is 0.255. The number of hydrogen-bond donors (Lipinski definition) is 2. The molecule has 1 aliphatic heterocycles. The van der Waals surface area contributed by atoms with Crippen LogP contribution in [0.15, 0.2) is 47.7 Å². The van der Waals surface area contributed by atoms with Crippen LogP contribution in [0, 0.1) is 5.82 Å². The molecule has 0 bridgehead atoms. The average molecular weight is 541 g/mol. The van der Waals surface area contributed by atoms with E-state index >= 15 is 0 Å². The van der Waals surface area contributed by atoms with Crippen LogP contribution in [-0.4, -0.2) is 73.2 Å². The van der Waals surface area contributed by atoms with Crippen LogP contribution in [0.1, 0.15) is 18.9 Å². The molecule has 0 amide bonds. The van der Waals surface area contributed by atoms with Gasteiger partial charge in [-0.05, 0) is 43.5 Å². The maximum atomic E-state index is 13.0. The van der Waals surface area contributed by atoms with Gasteiger partial charge in [0.05, 0.1) is 0 Å². The molecule has 1 fully saturated rings. The van der Waals surface area contributed by atoms with Crippen LogP contribution in [-0.2, 0) is 6.42 Å². The third-order valence-corrected chi connectivity index (χ3v) is 5.07. The van der Waals surface area contributed by atoms with Crippen molar-refractivity contribution in [1.82, 2.24) is 25.5 Å². The van der Waals surface area contributed by atoms with Crippen molar-refractivity contribution in [2.24, 2.45) is 4.99 Å². The number of benzene rings is 1. The smallest absolute Gasteiger partial charge is 0.225 e. The number of piperazine rings is 1. The predicted octanol–water partition coefficient (Wildman–Crippen LogP) is 2.54. The standard InChI is InChI=1S/C22H32FN7.HI/c1-2-24-21(26-13-9-19-5-7-20(23)8-6-19)25-12-4-14-29-15-17-30(18-16-29)22-27-10-3-11-28-22;/h3,5-8,10-11H,2,4,9,12-18H2,1H3,(H2,24,25,26);1H. The molecular weight excluding hydrogens is 508 g/mol. The highest BCUT2D eigenvalue weighted by Gasteiger charge is 2.18. The molecule has 0 aliphatic carbocycles. The normalized spacial score (nSPS) is 14.8. The minimum absolute atomic E-state index is 0. The van der Waals surface area contributed by atoms with E-state index in [0.29, 0.717) is 0 Å². The summed E-state index contributed by atoms with van der Waals surface area (Å²) in [5.74, 6) is 1.46. The molecule has 0 radical (unpaired) electrons. The van der Waals surface area contributed by atoms with Gasteiger partial charge in [0.1, 0.15) is 5.82 Å². The summed E-state index contributed by atoms with van der Waals surface area (Å²) in [5.41, 5.74) is 1.11. The molecule has 1 aromatic carbocycles. The maximum absolute atomic E-state index is 13.0. The average Bonchev–Trinajstić information content (AvgIpc) is 2.79. The van der Waals surface area contributed by atoms with E-state index in [-0.39, 0.29) is 29.8 Å². The van der Waals surface area contributed by atoms with Crippen LogP contribution in [0.5, 0.6) is 0 Å². The molecular formula is C22H33FIN7. The minimum Gasteiger partial charge on any atom is -0.357 e. The van der Waals surface area contributed by atoms with Crippen LogP contribution in [0.2, 0.25) is 0 Å². The summed E-state index contributed by atoms with van der Waals surface area (Å²) in [6.45, 7) is 9.45. The zero-order chi connectivity index (χ0) is 21.0. The molecule has 3 rings (SSSR count). The third kappa shape index (κ3) is 8.94. The van der Waals surface area contributed by atoms with E-state index < -0.39 is 0 Å². The van der Waals surface area contributed by atoms with Crippen molar-refractivity contribution in [1.29, 1.82) is 0 Å². The molecule has 0 unspecified atom stereocenters. The number of nitrogens with zero attached hydrogens (tertiary/aromatic N) is 5. The van der Waals surface area contributed by atoms with Crippen molar-refractivity contribution < 1.29 is 4.39 Å². The number of aromatic nitrogens is 2. The second-order valence-corrected chi connectivity index (χ2v) is 7.29. The molecule has 9 heteroatoms. The SMILES string of the molecule is CCNC(=NCCCN1CCN(c2ncccn2)CC1)NCCc1ccc(F)cc1.I. The third-order valence-electron chi connectivity index (χ3n) is 5.07. The zero-order valence-electron chi connectivity index (χ0n) is 18.1. The van der Waals surface area contributed by atoms with Crippen LogP contribution < -0.4 is 15.5 Å². The Balaban J connectivity index is 0.00000341. The largest absolute Gasteiger partial charge is 0.357 e. The highest BCUT2D eigenvalue weighted by molar-refractivity contribution is 14.0. The summed E-state index contributed by atoms with van der Waals surface area (Å²) < 4.78 is 13.0. The van der Waals surface area contributed by atoms with Crippen LogP contribution in [0.25, 0.3) is 0 Å². The van der Waals surface area contributed by atoms with Gasteiger partial charge in [-0.15, -0.1) is 24.0 Å². The topological polar surface area (TPSA) is 68.7 Å². The van der Waals surface area contributed by atoms with Gasteiger partial charge < -0.3 is 15.5 Å². The number of aliphatic imine (C=N–C) groups is 1. The van der Waals surface area contributed by atoms with Gasteiger partial charge in [0.2, 0.25) is 5.95 Å². The van der Waals surface area contributed by atoms with Crippen LogP contribution in [0.3, 0.4) is 0 Å². The quantitative estimate of drug-likeness (QED) is 0.220. The maximum Gasteiger partial charge on any atom is 0.225 e. The van der Waals surface area contributed by atoms with E-state index in [1.165, 1.54) is 12.1 Å². The van der Waals surface area contributed by atoms with Crippen LogP contribution >= 0.6 is 24.0 Å². The van der Waals surface area contributed by atoms with Crippen molar-refractivity contribution in [3.05, 3.63) is 54.1 Å². The molecule has 7 nitrogen and oxygen atoms in total. The number of hydrogen-bond acceptors (Lipinski definition) is 5. The first-order valence-electron chi connectivity index (χ1n) is 10.8. The van der Waals surface area contributed by atoms with Crippen LogP contribution in [0.4, 0.5) is 10.3 Å². The lowest BCUT2D eigenvalue weighted by Gasteiger charge is -2.34. The molecule has 0 saturated carbocycles. The Morgan fingerprint density at radius 3 is 2.45 bits per heavy atom. The summed E-state index contributed by atoms with van der Waals surface area (Å²) in [7, 11) is 0. The lowest BCUT2D eigenvalue weighted by atomic mass is 10.1. The predicted molar refractivity (Wildman–Crippen MR) is 135 cm³/mol. The summed E-state index contributed by atoms with van der Waals surface area (Å²) in [6.07, 6.45) is 5.45. The van der Waals surface area contributed by atoms with Gasteiger partial charge >= 0.3 is 0 Å². The van der Waals surface area contributed by atoms with Gasteiger partial charge in [-0.1, -0.05) is 12.1 Å². The Kier molecular flexibility index (Phi) is 11.5. The fraction of sp³-hybridized carbons (Fsp3) is 0.500. The van der Waals surface area contributed by atoms with E-state index in [4.69, 9.17) is 0 Å². The van der Waals surface area contributed by atoms with Crippen molar-refractivity contribution in [2.75, 3.05) is 57.3 Å². The highest BCUT2D eigenvalue weighted by Crippen LogP contribution is 2.09. The van der Waals surface area contributed by atoms with Crippen molar-refractivity contribution in [3.8, 4) is 0 Å². The number of nitrogens with one attached hydrogen (secondary N) is 2. The van der Waals surface area contributed by atoms with E-state index in [0.717, 1.165) is 82.7 Å². The van der Waals surface area contributed by atoms with Gasteiger partial charge in [-0.2, -0.15) is 0 Å². The van der Waals surface area contributed by atoms with Gasteiger partial charge in [0.15, 0.2) is 5.96 Å². The molecule has 31 heavy (non-hydrogen) atoms. The van der Waals surface area contributed by atoms with E-state index in [9.17, 15) is 4.39 Å². The van der Waals surface area contributed by atoms with Gasteiger partial charge in [0, 0.05) is 64.8 Å². The number of halogens is 2. The van der Waals surface area contributed by atoms with Crippen molar-refractivity contribution in [3.63, 3.8) is 0 Å². The Morgan fingerprint density at radius 1 is 1.06 bits per heavy atom. The molecule has 1 saturated heterocycles. The number of guanidine groups is 1. The van der Waals surface area contributed by atoms with Crippen molar-refractivity contribution in [2.45, 2.75) is 19.8 Å². The first-order valence-corrected chi connectivity index (χ1v) is 10.8. The Hall–Kier alpha value is -2.01. The molecule has 170 valence electrons. The van der Waals surface area contributed by atoms with E-state index in [1.807, 2.05) is 18.2 Å². The molecule has 2 heterocycles. The fourth-order valence-electron chi connectivity index (χ4n) is 3.43. The second-order valence-electron chi connectivity index (χ2n) is 7.29. The first-order chi connectivity index (χ1) is 14.7. The summed E-state index contributed by atoms with van der Waals surface area (Å²) in [6, 6.07) is 8.50. The van der Waals surface area contributed by atoms with Gasteiger partial charge in [-0.3, -0.25) is 9.89 Å². The van der Waals surface area contributed by atoms with Crippen molar-refractivity contribution >= 4 is 35.9 Å². The fourth-order valence-corrected chi connectivity index (χ4v) is 3.43. The molecule has 1 aromatic heterocycles. The molecule has 2 N–H and O–H groups in total. The van der Waals surface area contributed by atoms with E-state index in [1.54, 1.807) is 12.4 Å². The molecule has 2 aromatic rings. The number of anilines is 1. The molecule has 1 aliphatic rings. The Labute approximate surface area is 201 Å². The Bertz CT molecular complexity index is 765. The minimum atomic E-state index is -0.198. The lowest BCUT2D eigenvalue weighted by Crippen LogP contribution is -2.47. The van der Waals surface area contributed by atoms with E-state index in [2.05, 4.69) is 42.3 Å². The summed E-state index contributed by atoms with van der Waals surface area (Å²) in [4.78, 5) is 18.1. The molecule has 0 spiro atoms. The summed E-state index contributed by atoms with van der Waals surface area (Å²) in [5, 5.41) is 6.64.